The third-order valence-electron chi connectivity index (χ3n) is 4.62. The molecule has 0 spiro atoms. The Hall–Kier alpha value is -3.12. The number of thioether (sulfide) groups is 1. The van der Waals surface area contributed by atoms with E-state index in [0.717, 1.165) is 22.3 Å². The van der Waals surface area contributed by atoms with E-state index in [0.29, 0.717) is 35.8 Å². The molecule has 0 aromatic heterocycles. The third-order valence-corrected chi connectivity index (χ3v) is 5.65. The molecule has 2 aromatic rings. The maximum absolute atomic E-state index is 13.0. The first-order valence-corrected chi connectivity index (χ1v) is 11.2. The van der Waals surface area contributed by atoms with Gasteiger partial charge in [-0.3, -0.25) is 4.79 Å². The fraction of sp³-hybridized carbons (Fsp3) is 0.240. The summed E-state index contributed by atoms with van der Waals surface area (Å²) in [5.41, 5.74) is 4.12. The third kappa shape index (κ3) is 5.95. The van der Waals surface area contributed by atoms with Crippen molar-refractivity contribution in [1.29, 1.82) is 0 Å². The molecular formula is C25H24O5S. The molecule has 1 aliphatic heterocycles. The topological polar surface area (TPSA) is 69.7 Å². The zero-order valence-corrected chi connectivity index (χ0v) is 18.4. The van der Waals surface area contributed by atoms with Crippen LogP contribution in [0.2, 0.25) is 0 Å². The first-order valence-electron chi connectivity index (χ1n) is 10.1. The van der Waals surface area contributed by atoms with E-state index in [1.807, 2.05) is 36.4 Å². The Kier molecular flexibility index (Phi) is 7.84. The number of rotatable bonds is 6. The second-order valence-corrected chi connectivity index (χ2v) is 7.83. The van der Waals surface area contributed by atoms with E-state index in [9.17, 15) is 14.4 Å². The van der Waals surface area contributed by atoms with Crippen LogP contribution in [0.3, 0.4) is 0 Å². The van der Waals surface area contributed by atoms with Crippen LogP contribution in [0.4, 0.5) is 0 Å². The van der Waals surface area contributed by atoms with Crippen LogP contribution in [-0.4, -0.2) is 42.4 Å². The lowest BCUT2D eigenvalue weighted by Crippen LogP contribution is -2.16. The molecule has 1 fully saturated rings. The van der Waals surface area contributed by atoms with Gasteiger partial charge in [-0.15, -0.1) is 0 Å². The van der Waals surface area contributed by atoms with Crippen molar-refractivity contribution in [3.8, 4) is 0 Å². The quantitative estimate of drug-likeness (QED) is 0.478. The number of benzene rings is 2. The number of ketones is 1. The van der Waals surface area contributed by atoms with Gasteiger partial charge in [-0.25, -0.2) is 9.59 Å². The summed E-state index contributed by atoms with van der Waals surface area (Å²) in [6.07, 6.45) is 3.72. The summed E-state index contributed by atoms with van der Waals surface area (Å²) >= 11 is 1.68. The van der Waals surface area contributed by atoms with Gasteiger partial charge in [0.1, 0.15) is 0 Å². The first kappa shape index (κ1) is 22.6. The SMILES string of the molecule is CCOC(=O)c1ccc(/C=C2\CSC/C(=C/c3ccc(C(=O)OCC)cc3)C2=O)cc1. The van der Waals surface area contributed by atoms with Crippen molar-refractivity contribution >= 4 is 41.6 Å². The molecule has 2 aromatic carbocycles. The molecule has 31 heavy (non-hydrogen) atoms. The Morgan fingerprint density at radius 1 is 0.774 bits per heavy atom. The summed E-state index contributed by atoms with van der Waals surface area (Å²) in [4.78, 5) is 36.5. The molecular weight excluding hydrogens is 412 g/mol. The number of carbonyl (C=O) groups is 3. The minimum atomic E-state index is -0.356. The molecule has 0 amide bonds. The maximum Gasteiger partial charge on any atom is 0.338 e. The molecule has 1 saturated heterocycles. The van der Waals surface area contributed by atoms with Crippen LogP contribution in [0.1, 0.15) is 45.7 Å². The van der Waals surface area contributed by atoms with Crippen molar-refractivity contribution < 1.29 is 23.9 Å². The lowest BCUT2D eigenvalue weighted by molar-refractivity contribution is -0.112. The minimum absolute atomic E-state index is 0.0164. The van der Waals surface area contributed by atoms with Gasteiger partial charge in [0.2, 0.25) is 0 Å². The van der Waals surface area contributed by atoms with Crippen LogP contribution in [-0.2, 0) is 14.3 Å². The lowest BCUT2D eigenvalue weighted by Gasteiger charge is -2.16. The van der Waals surface area contributed by atoms with Gasteiger partial charge in [0.25, 0.3) is 0 Å². The Bertz CT molecular complexity index is 935. The fourth-order valence-electron chi connectivity index (χ4n) is 3.08. The van der Waals surface area contributed by atoms with Crippen LogP contribution in [0.5, 0.6) is 0 Å². The summed E-state index contributed by atoms with van der Waals surface area (Å²) < 4.78 is 9.99. The second kappa shape index (κ2) is 10.8. The molecule has 5 nitrogen and oxygen atoms in total. The largest absolute Gasteiger partial charge is 0.462 e. The highest BCUT2D eigenvalue weighted by molar-refractivity contribution is 7.99. The summed E-state index contributed by atoms with van der Waals surface area (Å²) in [6.45, 7) is 4.19. The molecule has 160 valence electrons. The highest BCUT2D eigenvalue weighted by Gasteiger charge is 2.21. The first-order chi connectivity index (χ1) is 15.0. The summed E-state index contributed by atoms with van der Waals surface area (Å²) in [7, 11) is 0. The van der Waals surface area contributed by atoms with Gasteiger partial charge in [0.15, 0.2) is 5.78 Å². The van der Waals surface area contributed by atoms with Crippen LogP contribution in [0.25, 0.3) is 12.2 Å². The van der Waals surface area contributed by atoms with Crippen LogP contribution >= 0.6 is 11.8 Å². The molecule has 0 radical (unpaired) electrons. The minimum Gasteiger partial charge on any atom is -0.462 e. The van der Waals surface area contributed by atoms with E-state index in [-0.39, 0.29) is 17.7 Å². The van der Waals surface area contributed by atoms with Crippen molar-refractivity contribution in [3.05, 3.63) is 81.9 Å². The molecule has 0 N–H and O–H groups in total. The van der Waals surface area contributed by atoms with Crippen molar-refractivity contribution in [2.45, 2.75) is 13.8 Å². The smallest absolute Gasteiger partial charge is 0.338 e. The monoisotopic (exact) mass is 436 g/mol. The highest BCUT2D eigenvalue weighted by atomic mass is 32.2. The summed E-state index contributed by atoms with van der Waals surface area (Å²) in [5, 5.41) is 0. The molecule has 3 rings (SSSR count). The van der Waals surface area contributed by atoms with Crippen molar-refractivity contribution in [2.24, 2.45) is 0 Å². The predicted molar refractivity (Wildman–Crippen MR) is 123 cm³/mol. The average Bonchev–Trinajstić information content (AvgIpc) is 2.78. The van der Waals surface area contributed by atoms with Gasteiger partial charge in [0.05, 0.1) is 24.3 Å². The van der Waals surface area contributed by atoms with E-state index in [1.165, 1.54) is 0 Å². The Morgan fingerprint density at radius 2 is 1.16 bits per heavy atom. The molecule has 1 aliphatic rings. The van der Waals surface area contributed by atoms with Crippen LogP contribution < -0.4 is 0 Å². The van der Waals surface area contributed by atoms with E-state index >= 15 is 0 Å². The number of hydrogen-bond donors (Lipinski definition) is 0. The van der Waals surface area contributed by atoms with Gasteiger partial charge in [0, 0.05) is 22.7 Å². The normalized spacial score (nSPS) is 16.4. The lowest BCUT2D eigenvalue weighted by atomic mass is 10.00. The Labute approximate surface area is 186 Å². The van der Waals surface area contributed by atoms with Gasteiger partial charge in [-0.2, -0.15) is 11.8 Å². The van der Waals surface area contributed by atoms with E-state index in [2.05, 4.69) is 0 Å². The summed E-state index contributed by atoms with van der Waals surface area (Å²) in [5.74, 6) is 0.577. The average molecular weight is 437 g/mol. The molecule has 0 atom stereocenters. The molecule has 0 aliphatic carbocycles. The van der Waals surface area contributed by atoms with E-state index < -0.39 is 0 Å². The van der Waals surface area contributed by atoms with Gasteiger partial charge in [-0.05, 0) is 61.4 Å². The molecule has 0 bridgehead atoms. The predicted octanol–water partition coefficient (Wildman–Crippen LogP) is 4.82. The standard InChI is InChI=1S/C25H24O5S/c1-3-29-24(27)19-9-5-17(6-10-19)13-21-15-31-16-22(23(21)26)14-18-7-11-20(12-8-18)25(28)30-4-2/h5-14H,3-4,15-16H2,1-2H3/b21-13-,22-14+. The number of carbonyl (C=O) groups excluding carboxylic acids is 3. The summed E-state index contributed by atoms with van der Waals surface area (Å²) in [6, 6.07) is 14.0. The van der Waals surface area contributed by atoms with Gasteiger partial charge < -0.3 is 9.47 Å². The number of hydrogen-bond acceptors (Lipinski definition) is 6. The van der Waals surface area contributed by atoms with Crippen molar-refractivity contribution in [2.75, 3.05) is 24.7 Å². The van der Waals surface area contributed by atoms with Crippen molar-refractivity contribution in [1.82, 2.24) is 0 Å². The van der Waals surface area contributed by atoms with E-state index in [4.69, 9.17) is 9.47 Å². The molecule has 0 saturated carbocycles. The Balaban J connectivity index is 1.75. The van der Waals surface area contributed by atoms with Crippen molar-refractivity contribution in [3.63, 3.8) is 0 Å². The van der Waals surface area contributed by atoms with Crippen LogP contribution in [0.15, 0.2) is 59.7 Å². The maximum atomic E-state index is 13.0. The molecule has 0 unspecified atom stereocenters. The Morgan fingerprint density at radius 3 is 1.52 bits per heavy atom. The zero-order chi connectivity index (χ0) is 22.2. The number of Topliss-reactive ketones (excluding diaryl/α,β-unsaturated/α-hetero) is 1. The number of esters is 2. The van der Waals surface area contributed by atoms with E-state index in [1.54, 1.807) is 49.9 Å². The fourth-order valence-corrected chi connectivity index (χ4v) is 4.06. The number of ether oxygens (including phenoxy) is 2. The van der Waals surface area contributed by atoms with Crippen LogP contribution in [0, 0.1) is 0 Å². The zero-order valence-electron chi connectivity index (χ0n) is 17.6. The highest BCUT2D eigenvalue weighted by Crippen LogP contribution is 2.27. The molecule has 1 heterocycles. The van der Waals surface area contributed by atoms with Gasteiger partial charge in [-0.1, -0.05) is 24.3 Å². The molecule has 6 heteroatoms. The van der Waals surface area contributed by atoms with Gasteiger partial charge >= 0.3 is 11.9 Å². The second-order valence-electron chi connectivity index (χ2n) is 6.85.